The fourth-order valence-electron chi connectivity index (χ4n) is 1.61. The number of benzene rings is 1. The van der Waals surface area contributed by atoms with Crippen molar-refractivity contribution in [2.75, 3.05) is 14.2 Å². The fourth-order valence-corrected chi connectivity index (χ4v) is 2.07. The molecule has 6 heteroatoms. The van der Waals surface area contributed by atoms with Gasteiger partial charge in [-0.3, -0.25) is 9.59 Å². The maximum absolute atomic E-state index is 11.7. The standard InChI is InChI=1S/C14H17BrO5/c1-4-5-13(16)20-14(17)7-9-6-11(18-2)12(19-3)8-10(9)15/h6,8H,4-5,7H2,1-3H3. The van der Waals surface area contributed by atoms with Crippen LogP contribution < -0.4 is 9.47 Å². The van der Waals surface area contributed by atoms with Crippen molar-refractivity contribution in [2.24, 2.45) is 0 Å². The first-order valence-corrected chi connectivity index (χ1v) is 6.95. The van der Waals surface area contributed by atoms with E-state index in [0.29, 0.717) is 28.0 Å². The van der Waals surface area contributed by atoms with E-state index in [-0.39, 0.29) is 12.8 Å². The van der Waals surface area contributed by atoms with E-state index in [1.54, 1.807) is 12.1 Å². The van der Waals surface area contributed by atoms with Crippen molar-refractivity contribution in [3.05, 3.63) is 22.2 Å². The molecule has 0 spiro atoms. The lowest BCUT2D eigenvalue weighted by Crippen LogP contribution is -2.14. The van der Waals surface area contributed by atoms with Crippen LogP contribution in [0.3, 0.4) is 0 Å². The topological polar surface area (TPSA) is 61.8 Å². The molecule has 5 nitrogen and oxygen atoms in total. The molecular weight excluding hydrogens is 328 g/mol. The van der Waals surface area contributed by atoms with Crippen LogP contribution in [0.5, 0.6) is 11.5 Å². The van der Waals surface area contributed by atoms with Crippen LogP contribution in [0, 0.1) is 0 Å². The Morgan fingerprint density at radius 1 is 1.10 bits per heavy atom. The van der Waals surface area contributed by atoms with Crippen LogP contribution in [0.2, 0.25) is 0 Å². The van der Waals surface area contributed by atoms with Crippen molar-refractivity contribution in [3.8, 4) is 11.5 Å². The van der Waals surface area contributed by atoms with Crippen LogP contribution in [0.15, 0.2) is 16.6 Å². The molecule has 0 aliphatic carbocycles. The summed E-state index contributed by atoms with van der Waals surface area (Å²) < 4.78 is 15.7. The summed E-state index contributed by atoms with van der Waals surface area (Å²) in [5, 5.41) is 0. The van der Waals surface area contributed by atoms with Crippen molar-refractivity contribution >= 4 is 27.9 Å². The molecule has 0 atom stereocenters. The van der Waals surface area contributed by atoms with Gasteiger partial charge < -0.3 is 14.2 Å². The van der Waals surface area contributed by atoms with Crippen LogP contribution >= 0.6 is 15.9 Å². The van der Waals surface area contributed by atoms with Gasteiger partial charge in [0.15, 0.2) is 11.5 Å². The van der Waals surface area contributed by atoms with E-state index in [2.05, 4.69) is 15.9 Å². The monoisotopic (exact) mass is 344 g/mol. The molecule has 1 rings (SSSR count). The Labute approximate surface area is 126 Å². The van der Waals surface area contributed by atoms with Crippen molar-refractivity contribution in [1.29, 1.82) is 0 Å². The second-order valence-electron chi connectivity index (χ2n) is 4.07. The first-order chi connectivity index (χ1) is 9.51. The Bertz CT molecular complexity index is 499. The van der Waals surface area contributed by atoms with Gasteiger partial charge in [-0.05, 0) is 24.1 Å². The maximum atomic E-state index is 11.7. The zero-order valence-electron chi connectivity index (χ0n) is 11.7. The third kappa shape index (κ3) is 4.52. The number of methoxy groups -OCH3 is 2. The fraction of sp³-hybridized carbons (Fsp3) is 0.429. The van der Waals surface area contributed by atoms with Gasteiger partial charge in [-0.2, -0.15) is 0 Å². The Balaban J connectivity index is 2.82. The zero-order chi connectivity index (χ0) is 15.1. The van der Waals surface area contributed by atoms with Gasteiger partial charge in [-0.1, -0.05) is 22.9 Å². The number of ether oxygens (including phenoxy) is 3. The van der Waals surface area contributed by atoms with Crippen molar-refractivity contribution in [1.82, 2.24) is 0 Å². The van der Waals surface area contributed by atoms with E-state index in [0.717, 1.165) is 0 Å². The molecule has 0 N–H and O–H groups in total. The predicted molar refractivity (Wildman–Crippen MR) is 77.0 cm³/mol. The molecule has 1 aromatic rings. The van der Waals surface area contributed by atoms with Crippen LogP contribution in [0.1, 0.15) is 25.3 Å². The van der Waals surface area contributed by atoms with E-state index in [1.165, 1.54) is 14.2 Å². The van der Waals surface area contributed by atoms with E-state index in [9.17, 15) is 9.59 Å². The Kier molecular flexibility index (Phi) is 6.51. The lowest BCUT2D eigenvalue weighted by atomic mass is 10.1. The summed E-state index contributed by atoms with van der Waals surface area (Å²) in [7, 11) is 3.04. The Hall–Kier alpha value is -1.56. The molecule has 0 amide bonds. The third-order valence-electron chi connectivity index (χ3n) is 2.57. The summed E-state index contributed by atoms with van der Waals surface area (Å²) in [6.07, 6.45) is 0.863. The summed E-state index contributed by atoms with van der Waals surface area (Å²) in [6, 6.07) is 3.38. The molecule has 110 valence electrons. The number of hydrogen-bond acceptors (Lipinski definition) is 5. The minimum atomic E-state index is -0.587. The van der Waals surface area contributed by atoms with E-state index < -0.39 is 11.9 Å². The van der Waals surface area contributed by atoms with Gasteiger partial charge in [0.2, 0.25) is 0 Å². The van der Waals surface area contributed by atoms with Gasteiger partial charge in [0, 0.05) is 10.9 Å². The largest absolute Gasteiger partial charge is 0.493 e. The van der Waals surface area contributed by atoms with Gasteiger partial charge in [0.1, 0.15) is 0 Å². The molecule has 0 aliphatic rings. The number of rotatable bonds is 6. The summed E-state index contributed by atoms with van der Waals surface area (Å²) in [4.78, 5) is 22.9. The van der Waals surface area contributed by atoms with Gasteiger partial charge in [-0.15, -0.1) is 0 Å². The zero-order valence-corrected chi connectivity index (χ0v) is 13.3. The van der Waals surface area contributed by atoms with Gasteiger partial charge in [0.25, 0.3) is 0 Å². The predicted octanol–water partition coefficient (Wildman–Crippen LogP) is 2.88. The molecule has 0 saturated carbocycles. The summed E-state index contributed by atoms with van der Waals surface area (Å²) in [5.41, 5.74) is 0.664. The van der Waals surface area contributed by atoms with Gasteiger partial charge >= 0.3 is 11.9 Å². The van der Waals surface area contributed by atoms with Crippen LogP contribution in [-0.4, -0.2) is 26.2 Å². The average molecular weight is 345 g/mol. The normalized spacial score (nSPS) is 10.0. The van der Waals surface area contributed by atoms with Crippen molar-refractivity contribution in [3.63, 3.8) is 0 Å². The molecule has 0 aromatic heterocycles. The van der Waals surface area contributed by atoms with E-state index in [1.807, 2.05) is 6.92 Å². The van der Waals surface area contributed by atoms with Gasteiger partial charge in [0.05, 0.1) is 20.6 Å². The molecule has 0 unspecified atom stereocenters. The highest BCUT2D eigenvalue weighted by molar-refractivity contribution is 9.10. The van der Waals surface area contributed by atoms with E-state index >= 15 is 0 Å². The van der Waals surface area contributed by atoms with Crippen LogP contribution in [0.25, 0.3) is 0 Å². The minimum Gasteiger partial charge on any atom is -0.493 e. The number of halogens is 1. The van der Waals surface area contributed by atoms with Crippen LogP contribution in [0.4, 0.5) is 0 Å². The minimum absolute atomic E-state index is 0.0175. The quantitative estimate of drug-likeness (QED) is 0.586. The van der Waals surface area contributed by atoms with E-state index in [4.69, 9.17) is 14.2 Å². The van der Waals surface area contributed by atoms with Crippen LogP contribution in [-0.2, 0) is 20.7 Å². The van der Waals surface area contributed by atoms with Crippen molar-refractivity contribution < 1.29 is 23.8 Å². The Morgan fingerprint density at radius 3 is 2.25 bits per heavy atom. The second kappa shape index (κ2) is 7.89. The SMILES string of the molecule is CCCC(=O)OC(=O)Cc1cc(OC)c(OC)cc1Br. The first-order valence-electron chi connectivity index (χ1n) is 6.15. The molecule has 0 saturated heterocycles. The maximum Gasteiger partial charge on any atom is 0.317 e. The lowest BCUT2D eigenvalue weighted by molar-refractivity contribution is -0.159. The van der Waals surface area contributed by atoms with Gasteiger partial charge in [-0.25, -0.2) is 0 Å². The Morgan fingerprint density at radius 2 is 1.70 bits per heavy atom. The second-order valence-corrected chi connectivity index (χ2v) is 4.93. The molecule has 0 fully saturated rings. The number of carbonyl (C=O) groups is 2. The smallest absolute Gasteiger partial charge is 0.317 e. The molecule has 1 aromatic carbocycles. The number of esters is 2. The molecule has 0 aliphatic heterocycles. The highest BCUT2D eigenvalue weighted by Crippen LogP contribution is 2.33. The third-order valence-corrected chi connectivity index (χ3v) is 3.31. The molecule has 0 heterocycles. The molecule has 0 bridgehead atoms. The lowest BCUT2D eigenvalue weighted by Gasteiger charge is -2.11. The summed E-state index contributed by atoms with van der Waals surface area (Å²) in [5.74, 6) is -0.0256. The molecule has 0 radical (unpaired) electrons. The molecular formula is C14H17BrO5. The number of hydrogen-bond donors (Lipinski definition) is 0. The van der Waals surface area contributed by atoms with Crippen molar-refractivity contribution in [2.45, 2.75) is 26.2 Å². The summed E-state index contributed by atoms with van der Waals surface area (Å²) >= 11 is 3.35. The average Bonchev–Trinajstić information content (AvgIpc) is 2.40. The molecule has 20 heavy (non-hydrogen) atoms. The highest BCUT2D eigenvalue weighted by Gasteiger charge is 2.15. The number of carbonyl (C=O) groups excluding carboxylic acids is 2. The summed E-state index contributed by atoms with van der Waals surface area (Å²) in [6.45, 7) is 1.84. The first kappa shape index (κ1) is 16.5. The highest BCUT2D eigenvalue weighted by atomic mass is 79.9.